The molecule has 0 amide bonds. The predicted molar refractivity (Wildman–Crippen MR) is 41.5 cm³/mol. The van der Waals surface area contributed by atoms with Crippen molar-refractivity contribution < 1.29 is 31.8 Å². The topological polar surface area (TPSA) is 163 Å². The summed E-state index contributed by atoms with van der Waals surface area (Å²) in [6.07, 6.45) is 1.17. The summed E-state index contributed by atoms with van der Waals surface area (Å²) in [5.41, 5.74) is 0. The van der Waals surface area contributed by atoms with Crippen LogP contribution in [0, 0.1) is 0 Å². The lowest BCUT2D eigenvalue weighted by atomic mass is 10.4. The van der Waals surface area contributed by atoms with Gasteiger partial charge in [-0.25, -0.2) is 0 Å². The second-order valence-electron chi connectivity index (χ2n) is 1.40. The van der Waals surface area contributed by atoms with Gasteiger partial charge in [-0.3, -0.25) is 4.79 Å². The van der Waals surface area contributed by atoms with E-state index in [-0.39, 0.29) is 33.4 Å². The van der Waals surface area contributed by atoms with Crippen LogP contribution >= 0.6 is 0 Å². The van der Waals surface area contributed by atoms with Gasteiger partial charge in [-0.2, -0.15) is 0 Å². The molecule has 0 saturated heterocycles. The summed E-state index contributed by atoms with van der Waals surface area (Å²) in [4.78, 5) is 10.0. The van der Waals surface area contributed by atoms with Gasteiger partial charge in [0.15, 0.2) is 5.78 Å². The maximum Gasteiger partial charge on any atom is 0.155 e. The smallest absolute Gasteiger partial charge is 0.155 e. The van der Waals surface area contributed by atoms with Crippen LogP contribution < -0.4 is 0 Å². The molecule has 0 aromatic rings. The number of carbonyl (C=O) groups is 1. The molecule has 11 heavy (non-hydrogen) atoms. The maximum absolute atomic E-state index is 10.0. The van der Waals surface area contributed by atoms with Crippen molar-refractivity contribution in [3.8, 4) is 0 Å². The minimum Gasteiger partial charge on any atom is -0.512 e. The van der Waals surface area contributed by atoms with E-state index in [0.29, 0.717) is 0 Å². The molecule has 0 aliphatic heterocycles. The molecule has 6 heteroatoms. The number of aliphatic hydroxyl groups excluding tert-OH is 1. The van der Waals surface area contributed by atoms with Crippen LogP contribution in [0.4, 0.5) is 0 Å². The fourth-order valence-corrected chi connectivity index (χ4v) is 0.294. The lowest BCUT2D eigenvalue weighted by Gasteiger charge is -1.80. The van der Waals surface area contributed by atoms with E-state index in [1.54, 1.807) is 0 Å². The first-order chi connectivity index (χ1) is 3.13. The van der Waals surface area contributed by atoms with Crippen molar-refractivity contribution in [2.45, 2.75) is 13.8 Å². The Morgan fingerprint density at radius 3 is 1.36 bits per heavy atom. The summed E-state index contributed by atoms with van der Waals surface area (Å²) >= 11 is 0. The Morgan fingerprint density at radius 2 is 1.36 bits per heavy atom. The van der Waals surface area contributed by atoms with Crippen molar-refractivity contribution in [3.63, 3.8) is 0 Å². The summed E-state index contributed by atoms with van der Waals surface area (Å²) in [5.74, 6) is -0.0625. The zero-order valence-corrected chi connectivity index (χ0v) is 6.43. The van der Waals surface area contributed by atoms with Gasteiger partial charge in [-0.05, 0) is 13.8 Å². The van der Waals surface area contributed by atoms with Gasteiger partial charge < -0.3 is 27.0 Å². The summed E-state index contributed by atoms with van der Waals surface area (Å²) < 4.78 is 0. The molecule has 0 rings (SSSR count). The molecule has 0 aliphatic carbocycles. The number of hydrogen-bond acceptors (Lipinski definition) is 2. The Bertz CT molecular complexity index is 104. The summed E-state index contributed by atoms with van der Waals surface area (Å²) in [5, 5.41) is 8.36. The van der Waals surface area contributed by atoms with Crippen LogP contribution in [0.1, 0.15) is 13.8 Å². The highest BCUT2D eigenvalue weighted by Gasteiger charge is 1.82. The van der Waals surface area contributed by atoms with E-state index >= 15 is 0 Å². The van der Waals surface area contributed by atoms with E-state index in [0.717, 1.165) is 0 Å². The van der Waals surface area contributed by atoms with Gasteiger partial charge in [-0.15, -0.1) is 0 Å². The third kappa shape index (κ3) is 48.4. The quantitative estimate of drug-likeness (QED) is 0.348. The Kier molecular flexibility index (Phi) is 47.0. The molecular weight excluding hydrogens is 156 g/mol. The van der Waals surface area contributed by atoms with Crippen LogP contribution in [0.2, 0.25) is 0 Å². The predicted octanol–water partition coefficient (Wildman–Crippen LogP) is -2.26. The third-order valence-electron chi connectivity index (χ3n) is 0.412. The molecule has 0 spiro atoms. The number of carbonyl (C=O) groups excluding carboxylic acids is 1. The Labute approximate surface area is 64.4 Å². The van der Waals surface area contributed by atoms with Gasteiger partial charge in [0.05, 0.1) is 5.76 Å². The lowest BCUT2D eigenvalue weighted by molar-refractivity contribution is -0.112. The molecule has 0 aromatic heterocycles. The van der Waals surface area contributed by atoms with Gasteiger partial charge in [0.2, 0.25) is 0 Å². The van der Waals surface area contributed by atoms with Crippen LogP contribution in [-0.2, 0) is 4.79 Å². The molecular formula is C5H16O6. The average molecular weight is 172 g/mol. The Balaban J connectivity index is -0.0000000300. The fraction of sp³-hybridized carbons (Fsp3) is 0.400. The van der Waals surface area contributed by atoms with Gasteiger partial charge in [-0.1, -0.05) is 0 Å². The van der Waals surface area contributed by atoms with Crippen molar-refractivity contribution in [1.29, 1.82) is 0 Å². The molecule has 0 heterocycles. The molecule has 0 atom stereocenters. The van der Waals surface area contributed by atoms with Crippen molar-refractivity contribution >= 4 is 5.78 Å². The van der Waals surface area contributed by atoms with E-state index in [1.807, 2.05) is 0 Å². The first kappa shape index (κ1) is 32.3. The van der Waals surface area contributed by atoms with E-state index in [1.165, 1.54) is 19.9 Å². The van der Waals surface area contributed by atoms with Crippen LogP contribution in [0.3, 0.4) is 0 Å². The maximum atomic E-state index is 10.0. The first-order valence-electron chi connectivity index (χ1n) is 2.01. The van der Waals surface area contributed by atoms with Crippen molar-refractivity contribution in [1.82, 2.24) is 0 Å². The largest absolute Gasteiger partial charge is 0.512 e. The number of aliphatic hydroxyl groups is 1. The molecule has 0 unspecified atom stereocenters. The van der Waals surface area contributed by atoms with E-state index in [2.05, 4.69) is 0 Å². The summed E-state index contributed by atoms with van der Waals surface area (Å²) in [6, 6.07) is 0. The normalized spacial score (nSPS) is 7.27. The lowest BCUT2D eigenvalue weighted by Crippen LogP contribution is -1.82. The molecule has 0 fully saturated rings. The SMILES string of the molecule is CC(=O)/C=C(/C)O.O.O.O.O. The van der Waals surface area contributed by atoms with Crippen LogP contribution in [-0.4, -0.2) is 32.8 Å². The number of ketones is 1. The molecule has 0 bridgehead atoms. The minimum atomic E-state index is -0.125. The highest BCUT2D eigenvalue weighted by molar-refractivity contribution is 5.87. The standard InChI is InChI=1S/C5H8O2.4H2O/c1-4(6)3-5(2)7;;;;/h3,6H,1-2H3;4*1H2/b4-3-;;;;. The highest BCUT2D eigenvalue weighted by Crippen LogP contribution is 1.82. The van der Waals surface area contributed by atoms with Crippen LogP contribution in [0.25, 0.3) is 0 Å². The Morgan fingerprint density at radius 1 is 1.09 bits per heavy atom. The average Bonchev–Trinajstić information content (AvgIpc) is 1.27. The summed E-state index contributed by atoms with van der Waals surface area (Å²) in [7, 11) is 0. The van der Waals surface area contributed by atoms with E-state index in [4.69, 9.17) is 5.11 Å². The second kappa shape index (κ2) is 16.0. The third-order valence-corrected chi connectivity index (χ3v) is 0.412. The van der Waals surface area contributed by atoms with Crippen LogP contribution in [0.15, 0.2) is 11.8 Å². The zero-order chi connectivity index (χ0) is 5.86. The number of allylic oxidation sites excluding steroid dienone is 2. The van der Waals surface area contributed by atoms with Gasteiger partial charge >= 0.3 is 0 Å². The molecule has 9 N–H and O–H groups in total. The molecule has 0 aromatic carbocycles. The number of hydrogen-bond donors (Lipinski definition) is 1. The van der Waals surface area contributed by atoms with E-state index < -0.39 is 0 Å². The molecule has 0 radical (unpaired) electrons. The second-order valence-corrected chi connectivity index (χ2v) is 1.40. The van der Waals surface area contributed by atoms with Crippen molar-refractivity contribution in [2.24, 2.45) is 0 Å². The molecule has 72 valence electrons. The Hall–Kier alpha value is -0.950. The fourth-order valence-electron chi connectivity index (χ4n) is 0.294. The molecule has 6 nitrogen and oxygen atoms in total. The van der Waals surface area contributed by atoms with Crippen molar-refractivity contribution in [3.05, 3.63) is 11.8 Å². The van der Waals surface area contributed by atoms with Gasteiger partial charge in [0.1, 0.15) is 0 Å². The van der Waals surface area contributed by atoms with E-state index in [9.17, 15) is 4.79 Å². The summed E-state index contributed by atoms with van der Waals surface area (Å²) in [6.45, 7) is 2.85. The van der Waals surface area contributed by atoms with Crippen molar-refractivity contribution in [2.75, 3.05) is 0 Å². The minimum absolute atomic E-state index is 0. The highest BCUT2D eigenvalue weighted by atomic mass is 16.3. The molecule has 0 saturated carbocycles. The monoisotopic (exact) mass is 172 g/mol. The zero-order valence-electron chi connectivity index (χ0n) is 6.43. The van der Waals surface area contributed by atoms with Crippen LogP contribution in [0.5, 0.6) is 0 Å². The molecule has 0 aliphatic rings. The van der Waals surface area contributed by atoms with Gasteiger partial charge in [0, 0.05) is 6.08 Å². The first-order valence-corrected chi connectivity index (χ1v) is 2.01. The number of rotatable bonds is 1. The van der Waals surface area contributed by atoms with Gasteiger partial charge in [0.25, 0.3) is 0 Å².